The summed E-state index contributed by atoms with van der Waals surface area (Å²) < 4.78 is 6.17. The van der Waals surface area contributed by atoms with Crippen molar-refractivity contribution in [2.75, 3.05) is 32.1 Å². The Morgan fingerprint density at radius 3 is 2.62 bits per heavy atom. The molecule has 1 saturated heterocycles. The summed E-state index contributed by atoms with van der Waals surface area (Å²) in [6.45, 7) is 1.53. The van der Waals surface area contributed by atoms with Crippen LogP contribution in [0.2, 0.25) is 4.34 Å². The second-order valence-corrected chi connectivity index (χ2v) is 9.63. The molecule has 0 bridgehead atoms. The van der Waals surface area contributed by atoms with E-state index in [0.717, 1.165) is 24.8 Å². The van der Waals surface area contributed by atoms with E-state index in [9.17, 15) is 14.4 Å². The highest BCUT2D eigenvalue weighted by molar-refractivity contribution is 7.18. The van der Waals surface area contributed by atoms with Gasteiger partial charge in [0.15, 0.2) is 6.23 Å². The molecule has 3 heterocycles. The number of hydrogen-bond donors (Lipinski definition) is 2. The molecule has 4 rings (SSSR count). The van der Waals surface area contributed by atoms with Gasteiger partial charge < -0.3 is 25.0 Å². The molecule has 1 atom stereocenters. The summed E-state index contributed by atoms with van der Waals surface area (Å²) in [5.74, 6) is -0.155. The number of thiophene rings is 1. The van der Waals surface area contributed by atoms with E-state index in [1.54, 1.807) is 36.3 Å². The number of likely N-dealkylation sites (tertiary alicyclic amines) is 1. The van der Waals surface area contributed by atoms with Gasteiger partial charge in [0.25, 0.3) is 11.8 Å². The van der Waals surface area contributed by atoms with Crippen LogP contribution in [0.4, 0.5) is 10.5 Å². The fourth-order valence-electron chi connectivity index (χ4n) is 4.36. The van der Waals surface area contributed by atoms with Crippen LogP contribution in [-0.2, 0) is 4.74 Å². The molecule has 0 spiro atoms. The summed E-state index contributed by atoms with van der Waals surface area (Å²) in [5, 5.41) is 11.9. The Morgan fingerprint density at radius 2 is 2.00 bits per heavy atom. The van der Waals surface area contributed by atoms with Gasteiger partial charge in [0.1, 0.15) is 0 Å². The summed E-state index contributed by atoms with van der Waals surface area (Å²) in [4.78, 5) is 40.6. The topological polar surface area (TPSA) is 99.2 Å². The minimum atomic E-state index is -0.882. The minimum absolute atomic E-state index is 0.185. The number of anilines is 1. The van der Waals surface area contributed by atoms with Gasteiger partial charge in [-0.15, -0.1) is 11.3 Å². The number of benzene rings is 1. The highest BCUT2D eigenvalue weighted by Crippen LogP contribution is 2.39. The second-order valence-electron chi connectivity index (χ2n) is 7.92. The molecule has 0 aliphatic carbocycles. The lowest BCUT2D eigenvalue weighted by molar-refractivity contribution is -0.0152. The van der Waals surface area contributed by atoms with Crippen LogP contribution in [0.5, 0.6) is 0 Å². The zero-order valence-corrected chi connectivity index (χ0v) is 19.1. The number of piperidine rings is 1. The van der Waals surface area contributed by atoms with Crippen molar-refractivity contribution in [1.82, 2.24) is 9.80 Å². The van der Waals surface area contributed by atoms with E-state index >= 15 is 0 Å². The molecule has 8 nitrogen and oxygen atoms in total. The van der Waals surface area contributed by atoms with E-state index in [2.05, 4.69) is 5.32 Å². The summed E-state index contributed by atoms with van der Waals surface area (Å²) in [6, 6.07) is 8.64. The fraction of sp³-hybridized carbons (Fsp3) is 0.409. The van der Waals surface area contributed by atoms with Gasteiger partial charge in [-0.25, -0.2) is 4.79 Å². The van der Waals surface area contributed by atoms with Gasteiger partial charge in [-0.2, -0.15) is 0 Å². The van der Waals surface area contributed by atoms with Gasteiger partial charge in [-0.05, 0) is 43.4 Å². The number of ether oxygens (including phenoxy) is 1. The molecule has 1 unspecified atom stereocenters. The minimum Gasteiger partial charge on any atom is -0.465 e. The molecule has 10 heteroatoms. The van der Waals surface area contributed by atoms with E-state index in [4.69, 9.17) is 21.4 Å². The number of halogens is 1. The quantitative estimate of drug-likeness (QED) is 0.636. The number of hydrogen-bond acceptors (Lipinski definition) is 5. The van der Waals surface area contributed by atoms with Crippen LogP contribution in [0.25, 0.3) is 0 Å². The third-order valence-corrected chi connectivity index (χ3v) is 7.28. The molecule has 3 amide bonds. The van der Waals surface area contributed by atoms with Gasteiger partial charge in [-0.3, -0.25) is 9.59 Å². The number of nitrogens with zero attached hydrogens (tertiary/aromatic N) is 2. The lowest BCUT2D eigenvalue weighted by Gasteiger charge is -2.32. The zero-order valence-electron chi connectivity index (χ0n) is 17.5. The maximum Gasteiger partial charge on any atom is 0.407 e. The first-order valence-electron chi connectivity index (χ1n) is 10.4. The molecule has 0 radical (unpaired) electrons. The molecular weight excluding hydrogens is 454 g/mol. The van der Waals surface area contributed by atoms with Crippen molar-refractivity contribution in [2.45, 2.75) is 25.5 Å². The average molecular weight is 478 g/mol. The summed E-state index contributed by atoms with van der Waals surface area (Å²) in [7, 11) is 1.56. The van der Waals surface area contributed by atoms with Crippen molar-refractivity contribution in [2.24, 2.45) is 5.92 Å². The SMILES string of the molecule is COC1c2cccc(NC(=O)c3ccc(Cl)s3)c2C(=O)N1CCC1CCN(C(=O)O)CC1. The predicted molar refractivity (Wildman–Crippen MR) is 121 cm³/mol. The summed E-state index contributed by atoms with van der Waals surface area (Å²) >= 11 is 7.11. The molecule has 2 N–H and O–H groups in total. The van der Waals surface area contributed by atoms with Crippen LogP contribution < -0.4 is 5.32 Å². The first-order chi connectivity index (χ1) is 15.4. The van der Waals surface area contributed by atoms with Crippen molar-refractivity contribution in [3.8, 4) is 0 Å². The van der Waals surface area contributed by atoms with Gasteiger partial charge >= 0.3 is 6.09 Å². The summed E-state index contributed by atoms with van der Waals surface area (Å²) in [6.07, 6.45) is 0.924. The highest BCUT2D eigenvalue weighted by Gasteiger charge is 2.39. The third kappa shape index (κ3) is 4.46. The van der Waals surface area contributed by atoms with Crippen LogP contribution in [0.15, 0.2) is 30.3 Å². The monoisotopic (exact) mass is 477 g/mol. The lowest BCUT2D eigenvalue weighted by Crippen LogP contribution is -2.38. The van der Waals surface area contributed by atoms with E-state index in [1.165, 1.54) is 16.2 Å². The molecule has 2 aliphatic heterocycles. The number of fused-ring (bicyclic) bond motifs is 1. The molecule has 1 aromatic carbocycles. The Balaban J connectivity index is 1.46. The van der Waals surface area contributed by atoms with Crippen molar-refractivity contribution < 1.29 is 24.2 Å². The smallest absolute Gasteiger partial charge is 0.407 e. The van der Waals surface area contributed by atoms with Crippen LogP contribution in [0.1, 0.15) is 51.1 Å². The highest BCUT2D eigenvalue weighted by atomic mass is 35.5. The summed E-state index contributed by atoms with van der Waals surface area (Å²) in [5.41, 5.74) is 1.61. The van der Waals surface area contributed by atoms with Crippen molar-refractivity contribution in [3.63, 3.8) is 0 Å². The number of carbonyl (C=O) groups is 3. The van der Waals surface area contributed by atoms with Crippen LogP contribution in [0.3, 0.4) is 0 Å². The number of nitrogens with one attached hydrogen (secondary N) is 1. The molecule has 170 valence electrons. The maximum atomic E-state index is 13.3. The molecule has 1 aromatic heterocycles. The van der Waals surface area contributed by atoms with Gasteiger partial charge in [-0.1, -0.05) is 23.7 Å². The Labute approximate surface area is 194 Å². The van der Waals surface area contributed by atoms with Crippen LogP contribution >= 0.6 is 22.9 Å². The first kappa shape index (κ1) is 22.6. The standard InChI is InChI=1S/C22H24ClN3O5S/c1-31-21-14-3-2-4-15(24-19(27)16-5-6-17(23)32-16)18(14)20(28)26(21)12-9-13-7-10-25(11-8-13)22(29)30/h2-6,13,21H,7-12H2,1H3,(H,24,27)(H,29,30). The predicted octanol–water partition coefficient (Wildman–Crippen LogP) is 4.53. The number of methoxy groups -OCH3 is 1. The van der Waals surface area contributed by atoms with Crippen molar-refractivity contribution in [1.29, 1.82) is 0 Å². The molecule has 32 heavy (non-hydrogen) atoms. The van der Waals surface area contributed by atoms with Gasteiger partial charge in [0.05, 0.1) is 20.5 Å². The van der Waals surface area contributed by atoms with Crippen molar-refractivity contribution in [3.05, 3.63) is 50.7 Å². The Morgan fingerprint density at radius 1 is 1.25 bits per heavy atom. The second kappa shape index (κ2) is 9.48. The lowest BCUT2D eigenvalue weighted by atomic mass is 9.93. The van der Waals surface area contributed by atoms with E-state index < -0.39 is 12.3 Å². The van der Waals surface area contributed by atoms with Gasteiger partial charge in [0.2, 0.25) is 0 Å². The molecule has 2 aromatic rings. The molecule has 0 saturated carbocycles. The average Bonchev–Trinajstić information content (AvgIpc) is 3.34. The van der Waals surface area contributed by atoms with E-state index in [0.29, 0.717) is 46.0 Å². The maximum absolute atomic E-state index is 13.3. The van der Waals surface area contributed by atoms with E-state index in [1.807, 2.05) is 6.07 Å². The van der Waals surface area contributed by atoms with Gasteiger partial charge in [0, 0.05) is 32.3 Å². The first-order valence-corrected chi connectivity index (χ1v) is 11.6. The normalized spacial score (nSPS) is 18.7. The molecular formula is C22H24ClN3O5S. The number of rotatable bonds is 6. The van der Waals surface area contributed by atoms with Crippen LogP contribution in [-0.4, -0.2) is 59.6 Å². The largest absolute Gasteiger partial charge is 0.465 e. The Bertz CT molecular complexity index is 1030. The number of carboxylic acid groups (broad SMARTS) is 1. The Kier molecular flexibility index (Phi) is 6.68. The number of carbonyl (C=O) groups excluding carboxylic acids is 2. The Hall–Kier alpha value is -2.62. The van der Waals surface area contributed by atoms with E-state index in [-0.39, 0.29) is 11.8 Å². The van der Waals surface area contributed by atoms with Crippen molar-refractivity contribution >= 4 is 46.5 Å². The third-order valence-electron chi connectivity index (χ3n) is 6.05. The number of amides is 3. The molecule has 1 fully saturated rings. The van der Waals surface area contributed by atoms with Crippen LogP contribution in [0, 0.1) is 5.92 Å². The zero-order chi connectivity index (χ0) is 22.8. The molecule has 2 aliphatic rings. The fourth-order valence-corrected chi connectivity index (χ4v) is 5.30.